The molecule has 1 fully saturated rings. The highest BCUT2D eigenvalue weighted by Crippen LogP contribution is 2.26. The van der Waals surface area contributed by atoms with E-state index in [-0.39, 0.29) is 5.91 Å². The van der Waals surface area contributed by atoms with Gasteiger partial charge in [-0.3, -0.25) is 4.79 Å². The summed E-state index contributed by atoms with van der Waals surface area (Å²) < 4.78 is 5.69. The molecule has 0 bridgehead atoms. The van der Waals surface area contributed by atoms with E-state index in [9.17, 15) is 4.79 Å². The van der Waals surface area contributed by atoms with Crippen LogP contribution in [0.1, 0.15) is 38.7 Å². The third-order valence-electron chi connectivity index (χ3n) is 4.47. The Bertz CT molecular complexity index is 706. The molecule has 5 nitrogen and oxygen atoms in total. The minimum Gasteiger partial charge on any atom is -0.411 e. The number of carbonyl (C=O) groups excluding carboxylic acids is 1. The van der Waals surface area contributed by atoms with Crippen LogP contribution < -0.4 is 0 Å². The van der Waals surface area contributed by atoms with Crippen molar-refractivity contribution in [1.82, 2.24) is 15.1 Å². The smallest absolute Gasteiger partial charge is 0.277 e. The summed E-state index contributed by atoms with van der Waals surface area (Å²) in [6.45, 7) is 6.27. The SMILES string of the molecule is Cc1cccc(-c2nnc(SCC(=O)N3C(C)CCCC3C)o2)c1. The Kier molecular flexibility index (Phi) is 5.23. The lowest BCUT2D eigenvalue weighted by atomic mass is 9.98. The number of rotatable bonds is 4. The summed E-state index contributed by atoms with van der Waals surface area (Å²) in [6.07, 6.45) is 3.36. The molecule has 1 aliphatic rings. The molecule has 24 heavy (non-hydrogen) atoms. The van der Waals surface area contributed by atoms with Crippen molar-refractivity contribution in [3.63, 3.8) is 0 Å². The largest absolute Gasteiger partial charge is 0.411 e. The summed E-state index contributed by atoms with van der Waals surface area (Å²) in [5, 5.41) is 8.58. The molecule has 0 N–H and O–H groups in total. The lowest BCUT2D eigenvalue weighted by Gasteiger charge is -2.39. The van der Waals surface area contributed by atoms with Gasteiger partial charge in [0.15, 0.2) is 0 Å². The Morgan fingerprint density at radius 3 is 2.75 bits per heavy atom. The van der Waals surface area contributed by atoms with E-state index < -0.39 is 0 Å². The number of benzene rings is 1. The number of piperidine rings is 1. The Morgan fingerprint density at radius 2 is 2.04 bits per heavy atom. The van der Waals surface area contributed by atoms with Crippen LogP contribution >= 0.6 is 11.8 Å². The van der Waals surface area contributed by atoms with Crippen LogP contribution in [0, 0.1) is 6.92 Å². The van der Waals surface area contributed by atoms with Gasteiger partial charge in [-0.15, -0.1) is 10.2 Å². The first-order chi connectivity index (χ1) is 11.5. The third kappa shape index (κ3) is 3.80. The van der Waals surface area contributed by atoms with Crippen molar-refractivity contribution in [1.29, 1.82) is 0 Å². The predicted molar refractivity (Wildman–Crippen MR) is 94.8 cm³/mol. The molecule has 0 aliphatic carbocycles. The lowest BCUT2D eigenvalue weighted by molar-refractivity contribution is -0.134. The molecule has 0 saturated carbocycles. The van der Waals surface area contributed by atoms with E-state index in [2.05, 4.69) is 24.0 Å². The van der Waals surface area contributed by atoms with Gasteiger partial charge in [0.05, 0.1) is 5.75 Å². The monoisotopic (exact) mass is 345 g/mol. The van der Waals surface area contributed by atoms with Gasteiger partial charge < -0.3 is 9.32 Å². The van der Waals surface area contributed by atoms with Crippen molar-refractivity contribution in [2.75, 3.05) is 5.75 Å². The van der Waals surface area contributed by atoms with Crippen molar-refractivity contribution < 1.29 is 9.21 Å². The quantitative estimate of drug-likeness (QED) is 0.786. The summed E-state index contributed by atoms with van der Waals surface area (Å²) in [5.74, 6) is 0.979. The fourth-order valence-electron chi connectivity index (χ4n) is 3.27. The van der Waals surface area contributed by atoms with Gasteiger partial charge in [-0.2, -0.15) is 0 Å². The van der Waals surface area contributed by atoms with Crippen LogP contribution in [0.2, 0.25) is 0 Å². The van der Waals surface area contributed by atoms with E-state index in [1.807, 2.05) is 36.1 Å². The van der Waals surface area contributed by atoms with Crippen LogP contribution in [0.3, 0.4) is 0 Å². The van der Waals surface area contributed by atoms with Crippen LogP contribution in [0.4, 0.5) is 0 Å². The number of aryl methyl sites for hydroxylation is 1. The standard InChI is InChI=1S/C18H23N3O2S/c1-12-6-4-9-15(10-12)17-19-20-18(23-17)24-11-16(22)21-13(2)7-5-8-14(21)3/h4,6,9-10,13-14H,5,7-8,11H2,1-3H3. The number of thioether (sulfide) groups is 1. The van der Waals surface area contributed by atoms with Gasteiger partial charge in [0, 0.05) is 17.6 Å². The number of nitrogens with zero attached hydrogens (tertiary/aromatic N) is 3. The fourth-order valence-corrected chi connectivity index (χ4v) is 3.91. The highest BCUT2D eigenvalue weighted by atomic mass is 32.2. The van der Waals surface area contributed by atoms with Crippen molar-refractivity contribution in [3.05, 3.63) is 29.8 Å². The highest BCUT2D eigenvalue weighted by molar-refractivity contribution is 7.99. The Balaban J connectivity index is 1.62. The van der Waals surface area contributed by atoms with E-state index in [1.165, 1.54) is 18.2 Å². The van der Waals surface area contributed by atoms with Crippen LogP contribution in [0.15, 0.2) is 33.9 Å². The second kappa shape index (κ2) is 7.38. The van der Waals surface area contributed by atoms with E-state index in [0.717, 1.165) is 24.0 Å². The van der Waals surface area contributed by atoms with Crippen LogP contribution in [0.25, 0.3) is 11.5 Å². The molecule has 6 heteroatoms. The number of hydrogen-bond acceptors (Lipinski definition) is 5. The van der Waals surface area contributed by atoms with Gasteiger partial charge in [0.2, 0.25) is 11.8 Å². The van der Waals surface area contributed by atoms with E-state index in [4.69, 9.17) is 4.42 Å². The van der Waals surface area contributed by atoms with Crippen molar-refractivity contribution in [3.8, 4) is 11.5 Å². The summed E-state index contributed by atoms with van der Waals surface area (Å²) in [6, 6.07) is 8.56. The van der Waals surface area contributed by atoms with Crippen LogP contribution in [-0.2, 0) is 4.79 Å². The molecule has 1 saturated heterocycles. The number of amides is 1. The summed E-state index contributed by atoms with van der Waals surface area (Å²) in [5.41, 5.74) is 2.04. The molecule has 0 radical (unpaired) electrons. The molecule has 1 aliphatic heterocycles. The Hall–Kier alpha value is -1.82. The zero-order valence-corrected chi connectivity index (χ0v) is 15.2. The first kappa shape index (κ1) is 17.0. The van der Waals surface area contributed by atoms with Gasteiger partial charge in [-0.05, 0) is 52.2 Å². The molecule has 3 rings (SSSR count). The van der Waals surface area contributed by atoms with Gasteiger partial charge in [-0.25, -0.2) is 0 Å². The maximum Gasteiger partial charge on any atom is 0.277 e. The molecule has 1 amide bonds. The first-order valence-electron chi connectivity index (χ1n) is 8.39. The Morgan fingerprint density at radius 1 is 1.29 bits per heavy atom. The Labute approximate surface area is 146 Å². The zero-order valence-electron chi connectivity index (χ0n) is 14.4. The van der Waals surface area contributed by atoms with Gasteiger partial charge in [0.25, 0.3) is 5.22 Å². The number of carbonyl (C=O) groups is 1. The van der Waals surface area contributed by atoms with E-state index >= 15 is 0 Å². The minimum atomic E-state index is 0.148. The third-order valence-corrected chi connectivity index (χ3v) is 5.28. The normalized spacial score (nSPS) is 21.0. The maximum atomic E-state index is 12.5. The molecule has 2 unspecified atom stereocenters. The van der Waals surface area contributed by atoms with Gasteiger partial charge in [0.1, 0.15) is 0 Å². The maximum absolute atomic E-state index is 12.5. The van der Waals surface area contributed by atoms with E-state index in [1.54, 1.807) is 0 Å². The highest BCUT2D eigenvalue weighted by Gasteiger charge is 2.29. The molecule has 2 aromatic rings. The summed E-state index contributed by atoms with van der Waals surface area (Å²) in [4.78, 5) is 14.5. The van der Waals surface area contributed by atoms with Gasteiger partial charge >= 0.3 is 0 Å². The molecular weight excluding hydrogens is 322 g/mol. The zero-order chi connectivity index (χ0) is 17.1. The summed E-state index contributed by atoms with van der Waals surface area (Å²) >= 11 is 1.31. The second-order valence-electron chi connectivity index (χ2n) is 6.46. The lowest BCUT2D eigenvalue weighted by Crippen LogP contribution is -2.48. The average Bonchev–Trinajstić information content (AvgIpc) is 3.02. The van der Waals surface area contributed by atoms with Crippen molar-refractivity contribution in [2.45, 2.75) is 57.3 Å². The topological polar surface area (TPSA) is 59.2 Å². The minimum absolute atomic E-state index is 0.148. The molecule has 0 spiro atoms. The molecule has 1 aromatic heterocycles. The number of hydrogen-bond donors (Lipinski definition) is 0. The number of aromatic nitrogens is 2. The molecule has 1 aromatic carbocycles. The van der Waals surface area contributed by atoms with Crippen molar-refractivity contribution >= 4 is 17.7 Å². The van der Waals surface area contributed by atoms with Crippen LogP contribution in [-0.4, -0.2) is 38.8 Å². The molecule has 2 atom stereocenters. The predicted octanol–water partition coefficient (Wildman–Crippen LogP) is 3.93. The second-order valence-corrected chi connectivity index (χ2v) is 7.39. The van der Waals surface area contributed by atoms with Gasteiger partial charge in [-0.1, -0.05) is 29.5 Å². The average molecular weight is 345 g/mol. The number of likely N-dealkylation sites (tertiary alicyclic amines) is 1. The first-order valence-corrected chi connectivity index (χ1v) is 9.37. The molecular formula is C18H23N3O2S. The van der Waals surface area contributed by atoms with Crippen LogP contribution in [0.5, 0.6) is 0 Å². The van der Waals surface area contributed by atoms with E-state index in [0.29, 0.717) is 29.0 Å². The molecule has 128 valence electrons. The van der Waals surface area contributed by atoms with Crippen molar-refractivity contribution in [2.24, 2.45) is 0 Å². The molecule has 2 heterocycles. The summed E-state index contributed by atoms with van der Waals surface area (Å²) in [7, 11) is 0. The fraction of sp³-hybridized carbons (Fsp3) is 0.500.